The van der Waals surface area contributed by atoms with Crippen LogP contribution >= 0.6 is 7.60 Å². The average Bonchev–Trinajstić information content (AvgIpc) is 3.13. The number of ether oxygens (including phenoxy) is 4. The number of nitrogens with zero attached hydrogens (tertiary/aromatic N) is 1. The van der Waals surface area contributed by atoms with Gasteiger partial charge in [-0.25, -0.2) is 0 Å². The summed E-state index contributed by atoms with van der Waals surface area (Å²) in [5, 5.41) is 85.1. The van der Waals surface area contributed by atoms with Crippen LogP contribution in [0.2, 0.25) is 0 Å². The Bertz CT molecular complexity index is 1150. The van der Waals surface area contributed by atoms with Gasteiger partial charge < -0.3 is 64.7 Å². The second-order valence-electron chi connectivity index (χ2n) is 14.9. The van der Waals surface area contributed by atoms with Crippen LogP contribution in [0.25, 0.3) is 0 Å². The van der Waals surface area contributed by atoms with Gasteiger partial charge in [0.1, 0.15) is 54.9 Å². The van der Waals surface area contributed by atoms with E-state index in [1.54, 1.807) is 0 Å². The summed E-state index contributed by atoms with van der Waals surface area (Å²) in [5.74, 6) is 0. The van der Waals surface area contributed by atoms with Gasteiger partial charge in [0.15, 0.2) is 12.6 Å². The van der Waals surface area contributed by atoms with Crippen molar-refractivity contribution in [2.24, 2.45) is 0 Å². The van der Waals surface area contributed by atoms with Crippen molar-refractivity contribution < 1.29 is 73.8 Å². The van der Waals surface area contributed by atoms with Gasteiger partial charge in [0, 0.05) is 42.8 Å². The van der Waals surface area contributed by atoms with E-state index >= 15 is 0 Å². The van der Waals surface area contributed by atoms with Crippen LogP contribution in [0.5, 0.6) is 0 Å². The van der Waals surface area contributed by atoms with Gasteiger partial charge in [-0.1, -0.05) is 69.8 Å². The molecule has 3 rings (SSSR count). The van der Waals surface area contributed by atoms with Gasteiger partial charge in [0.05, 0.1) is 31.5 Å². The molecular weight excluding hydrogens is 752 g/mol. The fraction of sp³-hybridized carbons (Fsp3) is 0.892. The Kier molecular flexibility index (Phi) is 24.6. The average molecular weight is 821 g/mol. The minimum atomic E-state index is -4.26. The van der Waals surface area contributed by atoms with Gasteiger partial charge >= 0.3 is 7.60 Å². The zero-order chi connectivity index (χ0) is 39.8. The Morgan fingerprint density at radius 1 is 0.709 bits per heavy atom. The number of likely N-dealkylation sites (tertiary alicyclic amines) is 1. The molecule has 1 radical (unpaired) electrons. The summed E-state index contributed by atoms with van der Waals surface area (Å²) in [7, 11) is -4.26. The summed E-state index contributed by atoms with van der Waals surface area (Å²) in [5.41, 5.74) is 0. The molecule has 3 heterocycles. The van der Waals surface area contributed by atoms with Crippen molar-refractivity contribution in [3.63, 3.8) is 0 Å². The zero-order valence-electron chi connectivity index (χ0n) is 33.1. The van der Waals surface area contributed by atoms with Gasteiger partial charge in [-0.15, -0.1) is 0 Å². The molecule has 0 amide bonds. The molecule has 0 spiro atoms. The van der Waals surface area contributed by atoms with Gasteiger partial charge in [0.2, 0.25) is 0 Å². The van der Waals surface area contributed by atoms with Crippen molar-refractivity contribution >= 4 is 37.2 Å². The van der Waals surface area contributed by atoms with Crippen LogP contribution in [0.15, 0.2) is 24.3 Å². The van der Waals surface area contributed by atoms with Crippen LogP contribution in [-0.4, -0.2) is 199 Å². The molecule has 0 aromatic carbocycles. The fourth-order valence-corrected chi connectivity index (χ4v) is 7.89. The molecule has 3 aliphatic heterocycles. The first kappa shape index (κ1) is 51.3. The number of hydrogen-bond acceptors (Lipinski definition) is 15. The van der Waals surface area contributed by atoms with Crippen molar-refractivity contribution in [1.82, 2.24) is 4.90 Å². The second kappa shape index (κ2) is 26.3. The third-order valence-electron chi connectivity index (χ3n) is 10.3. The zero-order valence-corrected chi connectivity index (χ0v) is 36.0. The van der Waals surface area contributed by atoms with Crippen LogP contribution in [0.4, 0.5) is 0 Å². The summed E-state index contributed by atoms with van der Waals surface area (Å²) >= 11 is 0. The molecule has 18 heteroatoms. The minimum Gasteiger partial charge on any atom is -0.395 e. The molecule has 55 heavy (non-hydrogen) atoms. The molecule has 1 unspecified atom stereocenters. The maximum Gasteiger partial charge on any atom is 0.325 e. The summed E-state index contributed by atoms with van der Waals surface area (Å²) < 4.78 is 40.6. The van der Waals surface area contributed by atoms with Crippen LogP contribution in [0.3, 0.4) is 0 Å². The first-order valence-corrected chi connectivity index (χ1v) is 21.7. The third-order valence-corrected chi connectivity index (χ3v) is 11.0. The number of β-amino-alcohol motifs (C(OH)–C–C–N with tert-alkyl or cyclic N) is 1. The molecular formula is C37H68NNaO15P. The smallest absolute Gasteiger partial charge is 0.325 e. The van der Waals surface area contributed by atoms with Crippen molar-refractivity contribution in [1.29, 1.82) is 0 Å². The molecule has 0 saturated carbocycles. The molecule has 9 N–H and O–H groups in total. The normalized spacial score (nSPS) is 37.3. The Morgan fingerprint density at radius 3 is 1.89 bits per heavy atom. The summed E-state index contributed by atoms with van der Waals surface area (Å²) in [6.45, 7) is 3.73. The number of unbranched alkanes of at least 4 members (excludes halogenated alkanes) is 9. The number of hydrogen-bond donors (Lipinski definition) is 9. The van der Waals surface area contributed by atoms with E-state index in [2.05, 4.69) is 31.2 Å². The molecule has 3 aliphatic rings. The Morgan fingerprint density at radius 2 is 1.29 bits per heavy atom. The number of rotatable bonds is 23. The van der Waals surface area contributed by atoms with Crippen molar-refractivity contribution in [3.8, 4) is 0 Å². The van der Waals surface area contributed by atoms with Gasteiger partial charge in [-0.2, -0.15) is 0 Å². The third kappa shape index (κ3) is 16.2. The molecule has 0 aliphatic carbocycles. The van der Waals surface area contributed by atoms with E-state index in [1.807, 2.05) is 4.90 Å². The SMILES string of the molecule is CCCCC/C=C\C/C=C\CCCCCCCCN1C[C@H](O)[C@@H](O[C@@H]2O[C@H](CO)[C@H](O)[C@H](OP(C)(=O)O)[C@H]2O)[C@H](O[C@@H]2O[C@@H](C)[C@H](O)[C@H](O)[C@H]2O)[C@H]1CO.[Na]. The van der Waals surface area contributed by atoms with E-state index in [0.717, 1.165) is 64.5 Å². The summed E-state index contributed by atoms with van der Waals surface area (Å²) in [4.78, 5) is 11.6. The van der Waals surface area contributed by atoms with Crippen LogP contribution in [-0.2, 0) is 28.0 Å². The van der Waals surface area contributed by atoms with Gasteiger partial charge in [-0.3, -0.25) is 14.0 Å². The quantitative estimate of drug-likeness (QED) is 0.0298. The number of piperidine rings is 1. The summed E-state index contributed by atoms with van der Waals surface area (Å²) in [6, 6.07) is -0.855. The van der Waals surface area contributed by atoms with E-state index < -0.39 is 107 Å². The Hall–Kier alpha value is 0.110. The number of aliphatic hydroxyl groups is 8. The van der Waals surface area contributed by atoms with E-state index in [-0.39, 0.29) is 36.1 Å². The monoisotopic (exact) mass is 820 g/mol. The maximum atomic E-state index is 12.1. The Balaban J connectivity index is 0.0000105. The predicted octanol–water partition coefficient (Wildman–Crippen LogP) is 0.694. The predicted molar refractivity (Wildman–Crippen MR) is 204 cm³/mol. The van der Waals surface area contributed by atoms with E-state index in [9.17, 15) is 50.3 Å². The number of aliphatic hydroxyl groups excluding tert-OH is 8. The second-order valence-corrected chi connectivity index (χ2v) is 16.7. The van der Waals surface area contributed by atoms with Crippen LogP contribution in [0, 0.1) is 0 Å². The van der Waals surface area contributed by atoms with Crippen molar-refractivity contribution in [3.05, 3.63) is 24.3 Å². The van der Waals surface area contributed by atoms with Crippen molar-refractivity contribution in [2.75, 3.05) is 33.0 Å². The summed E-state index contributed by atoms with van der Waals surface area (Å²) in [6.07, 6.45) is 2.07. The largest absolute Gasteiger partial charge is 0.395 e. The maximum absolute atomic E-state index is 12.1. The number of allylic oxidation sites excluding steroid dienone is 4. The van der Waals surface area contributed by atoms with Crippen molar-refractivity contribution in [2.45, 2.75) is 177 Å². The van der Waals surface area contributed by atoms with Crippen LogP contribution in [0.1, 0.15) is 90.9 Å². The molecule has 0 aromatic heterocycles. The fourth-order valence-electron chi connectivity index (χ4n) is 7.19. The van der Waals surface area contributed by atoms with Crippen LogP contribution < -0.4 is 0 Å². The molecule has 15 atom stereocenters. The van der Waals surface area contributed by atoms with Gasteiger partial charge in [0.25, 0.3) is 0 Å². The van der Waals surface area contributed by atoms with E-state index in [0.29, 0.717) is 6.54 Å². The topological polar surface area (TPSA) is 249 Å². The van der Waals surface area contributed by atoms with Gasteiger partial charge in [-0.05, 0) is 52.0 Å². The standard InChI is InChI=1S/C37H68NO15P.Na/c1-4-5-6-7-8-9-10-11-12-13-14-15-16-17-18-19-20-38-21-26(41)34(33(25(38)22-39)51-36-31(45)30(44)28(42)24(2)49-36)52-37-32(46)35(53-54(3,47)48)29(43)27(23-40)50-37;/h8-9,11-12,24-37,39-46H,4-7,10,13-23H2,1-3H3,(H,47,48);/b9-8-,12-11-;/t24-,25+,26-,27+,28-,29-,30-,31+,32+,33+,34+,35-,36-,37-;/m0./s1. The molecule has 3 fully saturated rings. The molecule has 0 aromatic rings. The van der Waals surface area contributed by atoms with E-state index in [4.69, 9.17) is 23.5 Å². The molecule has 3 saturated heterocycles. The molecule has 16 nitrogen and oxygen atoms in total. The first-order chi connectivity index (χ1) is 25.7. The first-order valence-electron chi connectivity index (χ1n) is 19.7. The molecule has 317 valence electrons. The van der Waals surface area contributed by atoms with E-state index in [1.165, 1.54) is 26.2 Å². The molecule has 0 bridgehead atoms. The Labute approximate surface area is 348 Å². The minimum absolute atomic E-state index is 0.